The normalized spacial score (nSPS) is 19.0. The first-order valence-corrected chi connectivity index (χ1v) is 8.39. The predicted octanol–water partition coefficient (Wildman–Crippen LogP) is 1.74. The summed E-state index contributed by atoms with van der Waals surface area (Å²) in [6.45, 7) is 0.244. The van der Waals surface area contributed by atoms with E-state index in [0.717, 1.165) is 0 Å². The molecule has 0 N–H and O–H groups in total. The molecule has 0 radical (unpaired) electrons. The lowest BCUT2D eigenvalue weighted by Crippen LogP contribution is -2.37. The number of ether oxygens (including phenoxy) is 1. The summed E-state index contributed by atoms with van der Waals surface area (Å²) in [5.41, 5.74) is 0.290. The van der Waals surface area contributed by atoms with Gasteiger partial charge in [0.15, 0.2) is 0 Å². The van der Waals surface area contributed by atoms with Crippen LogP contribution in [0.4, 0.5) is 0 Å². The quantitative estimate of drug-likeness (QED) is 0.606. The number of amidine groups is 1. The van der Waals surface area contributed by atoms with Crippen molar-refractivity contribution in [3.63, 3.8) is 0 Å². The Labute approximate surface area is 132 Å². The largest absolute Gasteiger partial charge is 0.421 e. The van der Waals surface area contributed by atoms with Gasteiger partial charge in [0.2, 0.25) is 0 Å². The minimum Gasteiger partial charge on any atom is -0.421 e. The van der Waals surface area contributed by atoms with Gasteiger partial charge >= 0.3 is 5.97 Å². The third kappa shape index (κ3) is 3.05. The summed E-state index contributed by atoms with van der Waals surface area (Å²) in [7, 11) is -3.41. The smallest absolute Gasteiger partial charge is 0.345 e. The molecule has 8 heteroatoms. The Balaban J connectivity index is 1.80. The number of sulfonamides is 1. The molecule has 0 aromatic heterocycles. The lowest BCUT2D eigenvalue weighted by atomic mass is 10.2. The first-order chi connectivity index (χ1) is 10.4. The van der Waals surface area contributed by atoms with Gasteiger partial charge in [-0.1, -0.05) is 23.7 Å². The number of para-hydroxylation sites is 1. The molecule has 2 heterocycles. The molecule has 0 fully saturated rings. The first kappa shape index (κ1) is 14.8. The Kier molecular flexibility index (Phi) is 3.76. The van der Waals surface area contributed by atoms with Gasteiger partial charge in [-0.2, -0.15) is 0 Å². The fourth-order valence-corrected chi connectivity index (χ4v) is 3.15. The molecule has 1 aromatic carbocycles. The van der Waals surface area contributed by atoms with E-state index < -0.39 is 16.0 Å². The summed E-state index contributed by atoms with van der Waals surface area (Å²) in [6, 6.07) is 6.65. The molecule has 0 aliphatic carbocycles. The van der Waals surface area contributed by atoms with Gasteiger partial charge in [0.25, 0.3) is 10.0 Å². The zero-order valence-corrected chi connectivity index (χ0v) is 12.8. The number of hydrogen-bond acceptors (Lipinski definition) is 5. The van der Waals surface area contributed by atoms with Crippen LogP contribution in [0.1, 0.15) is 0 Å². The van der Waals surface area contributed by atoms with Crippen molar-refractivity contribution in [1.82, 2.24) is 4.90 Å². The molecule has 0 saturated carbocycles. The Morgan fingerprint density at radius 2 is 2.05 bits per heavy atom. The molecule has 114 valence electrons. The fourth-order valence-electron chi connectivity index (χ4n) is 2.01. The zero-order chi connectivity index (χ0) is 15.7. The average molecular weight is 339 g/mol. The number of fused-ring (bicyclic) bond motifs is 1. The van der Waals surface area contributed by atoms with Gasteiger partial charge in [-0.25, -0.2) is 13.2 Å². The van der Waals surface area contributed by atoms with Crippen molar-refractivity contribution in [2.75, 3.05) is 12.3 Å². The number of halogens is 1. The molecular weight excluding hydrogens is 328 g/mol. The van der Waals surface area contributed by atoms with Crippen LogP contribution in [0.3, 0.4) is 0 Å². The third-order valence-electron chi connectivity index (χ3n) is 3.10. The molecule has 3 rings (SSSR count). The van der Waals surface area contributed by atoms with Gasteiger partial charge in [-0.3, -0.25) is 0 Å². The minimum atomic E-state index is -3.41. The van der Waals surface area contributed by atoms with E-state index in [0.29, 0.717) is 10.9 Å². The van der Waals surface area contributed by atoms with E-state index in [1.165, 1.54) is 18.4 Å². The number of hydrogen-bond donors (Lipinski definition) is 0. The average Bonchev–Trinajstić information content (AvgIpc) is 2.48. The van der Waals surface area contributed by atoms with Gasteiger partial charge in [-0.15, -0.1) is 4.40 Å². The molecule has 1 aromatic rings. The molecular formula is C14H11ClN2O4S. The Hall–Kier alpha value is -2.12. The second-order valence-corrected chi connectivity index (χ2v) is 6.83. The Morgan fingerprint density at radius 3 is 2.82 bits per heavy atom. The summed E-state index contributed by atoms with van der Waals surface area (Å²) >= 11 is 5.94. The molecule has 0 atom stereocenters. The third-order valence-corrected chi connectivity index (χ3v) is 4.57. The molecule has 2 aliphatic heterocycles. The maximum atomic E-state index is 12.1. The number of nitrogens with zero attached hydrogens (tertiary/aromatic N) is 2. The van der Waals surface area contributed by atoms with Crippen LogP contribution in [0, 0.1) is 0 Å². The van der Waals surface area contributed by atoms with Crippen molar-refractivity contribution in [3.05, 3.63) is 53.2 Å². The van der Waals surface area contributed by atoms with Crippen LogP contribution < -0.4 is 4.74 Å². The van der Waals surface area contributed by atoms with Crippen LogP contribution in [0.2, 0.25) is 5.02 Å². The van der Waals surface area contributed by atoms with Gasteiger partial charge in [0, 0.05) is 12.7 Å². The highest BCUT2D eigenvalue weighted by Crippen LogP contribution is 2.25. The predicted molar refractivity (Wildman–Crippen MR) is 82.2 cm³/mol. The second-order valence-electron chi connectivity index (χ2n) is 4.67. The zero-order valence-electron chi connectivity index (χ0n) is 11.3. The highest BCUT2D eigenvalue weighted by atomic mass is 35.5. The highest BCUT2D eigenvalue weighted by Gasteiger charge is 2.25. The van der Waals surface area contributed by atoms with E-state index in [4.69, 9.17) is 16.3 Å². The lowest BCUT2D eigenvalue weighted by molar-refractivity contribution is -0.129. The summed E-state index contributed by atoms with van der Waals surface area (Å²) in [6.07, 6.45) is 4.46. The summed E-state index contributed by atoms with van der Waals surface area (Å²) in [4.78, 5) is 13.7. The molecule has 0 amide bonds. The van der Waals surface area contributed by atoms with Crippen molar-refractivity contribution in [2.45, 2.75) is 0 Å². The Morgan fingerprint density at radius 1 is 1.27 bits per heavy atom. The standard InChI is InChI=1S/C14H11ClN2O4S/c15-11-3-1-2-4-12(11)21-14(18)10-5-6-13-16-22(19,20)8-7-17(13)9-10/h1-6,9H,7-8H2. The van der Waals surface area contributed by atoms with Crippen molar-refractivity contribution < 1.29 is 17.9 Å². The van der Waals surface area contributed by atoms with Crippen molar-refractivity contribution in [1.29, 1.82) is 0 Å². The van der Waals surface area contributed by atoms with Crippen LogP contribution in [0.5, 0.6) is 5.75 Å². The number of esters is 1. The number of carbonyl (C=O) groups is 1. The van der Waals surface area contributed by atoms with Gasteiger partial charge in [0.05, 0.1) is 16.3 Å². The van der Waals surface area contributed by atoms with Crippen molar-refractivity contribution in [3.8, 4) is 5.75 Å². The summed E-state index contributed by atoms with van der Waals surface area (Å²) in [5, 5.41) is 0.336. The van der Waals surface area contributed by atoms with Gasteiger partial charge in [-0.05, 0) is 24.3 Å². The fraction of sp³-hybridized carbons (Fsp3) is 0.143. The van der Waals surface area contributed by atoms with E-state index in [1.807, 2.05) is 0 Å². The topological polar surface area (TPSA) is 76.0 Å². The maximum Gasteiger partial charge on any atom is 0.345 e. The van der Waals surface area contributed by atoms with Gasteiger partial charge in [0.1, 0.15) is 11.6 Å². The van der Waals surface area contributed by atoms with Crippen molar-refractivity contribution >= 4 is 33.4 Å². The molecule has 0 unspecified atom stereocenters. The van der Waals surface area contributed by atoms with E-state index in [2.05, 4.69) is 4.40 Å². The summed E-state index contributed by atoms with van der Waals surface area (Å²) in [5.74, 6) is -0.102. The molecule has 0 saturated heterocycles. The van der Waals surface area contributed by atoms with Crippen molar-refractivity contribution in [2.24, 2.45) is 4.40 Å². The molecule has 0 bridgehead atoms. The van der Waals surface area contributed by atoms with Crippen LogP contribution in [-0.2, 0) is 14.8 Å². The van der Waals surface area contributed by atoms with E-state index in [-0.39, 0.29) is 23.6 Å². The second kappa shape index (κ2) is 5.58. The molecule has 0 spiro atoms. The van der Waals surface area contributed by atoms with Crippen LogP contribution in [-0.4, -0.2) is 37.4 Å². The molecule has 6 nitrogen and oxygen atoms in total. The van der Waals surface area contributed by atoms with Crippen LogP contribution in [0.15, 0.2) is 52.6 Å². The van der Waals surface area contributed by atoms with E-state index in [1.54, 1.807) is 29.2 Å². The lowest BCUT2D eigenvalue weighted by Gasteiger charge is -2.26. The molecule has 2 aliphatic rings. The number of rotatable bonds is 2. The number of carbonyl (C=O) groups excluding carboxylic acids is 1. The number of benzene rings is 1. The minimum absolute atomic E-state index is 0.0896. The molecule has 22 heavy (non-hydrogen) atoms. The van der Waals surface area contributed by atoms with Crippen LogP contribution in [0.25, 0.3) is 0 Å². The first-order valence-electron chi connectivity index (χ1n) is 6.40. The summed E-state index contributed by atoms with van der Waals surface area (Å²) < 4.78 is 31.7. The Bertz CT molecular complexity index is 827. The van der Waals surface area contributed by atoms with E-state index in [9.17, 15) is 13.2 Å². The van der Waals surface area contributed by atoms with Crippen LogP contribution >= 0.6 is 11.6 Å². The SMILES string of the molecule is O=C(Oc1ccccc1Cl)C1=CN2CCS(=O)(=O)N=C2C=C1. The highest BCUT2D eigenvalue weighted by molar-refractivity contribution is 7.90. The van der Waals surface area contributed by atoms with Gasteiger partial charge < -0.3 is 9.64 Å². The van der Waals surface area contributed by atoms with E-state index >= 15 is 0 Å². The monoisotopic (exact) mass is 338 g/mol. The maximum absolute atomic E-state index is 12.1.